The highest BCUT2D eigenvalue weighted by atomic mass is 16.4. The van der Waals surface area contributed by atoms with E-state index in [9.17, 15) is 14.7 Å². The van der Waals surface area contributed by atoms with Gasteiger partial charge in [-0.3, -0.25) is 4.79 Å². The summed E-state index contributed by atoms with van der Waals surface area (Å²) in [5.41, 5.74) is 3.69. The summed E-state index contributed by atoms with van der Waals surface area (Å²) < 4.78 is 0. The highest BCUT2D eigenvalue weighted by Gasteiger charge is 2.57. The normalized spacial score (nSPS) is 26.2. The van der Waals surface area contributed by atoms with Crippen LogP contribution in [-0.2, 0) is 9.59 Å². The summed E-state index contributed by atoms with van der Waals surface area (Å²) in [7, 11) is 0. The molecule has 0 aromatic carbocycles. The third-order valence-electron chi connectivity index (χ3n) is 3.76. The molecule has 0 unspecified atom stereocenters. The Balaban J connectivity index is 3.18. The summed E-state index contributed by atoms with van der Waals surface area (Å²) >= 11 is 0. The van der Waals surface area contributed by atoms with Gasteiger partial charge >= 0.3 is 5.97 Å². The van der Waals surface area contributed by atoms with Gasteiger partial charge in [0, 0.05) is 6.54 Å². The van der Waals surface area contributed by atoms with Crippen molar-refractivity contribution in [2.75, 3.05) is 13.2 Å². The molecule has 6 nitrogen and oxygen atoms in total. The summed E-state index contributed by atoms with van der Waals surface area (Å²) in [6.45, 7) is 5.30. The van der Waals surface area contributed by atoms with E-state index in [1.807, 2.05) is 0 Å². The largest absolute Gasteiger partial charge is 0.479 e. The van der Waals surface area contributed by atoms with Crippen molar-refractivity contribution >= 4 is 11.9 Å². The number of nitrogens with two attached hydrogens (primary N) is 1. The standard InChI is InChI=1S/C12H22N2O4/c1-11(2,3)12(10(17)18)5-4-6-14(12)9(16)8(13)7-15/h8,15H,4-7,13H2,1-3H3,(H,17,18)/t8-,12-/m0/s1. The van der Waals surface area contributed by atoms with E-state index in [-0.39, 0.29) is 0 Å². The number of aliphatic carboxylic acids is 1. The number of hydrogen-bond acceptors (Lipinski definition) is 4. The number of amides is 1. The molecule has 1 rings (SSSR count). The van der Waals surface area contributed by atoms with Gasteiger partial charge in [-0.1, -0.05) is 20.8 Å². The van der Waals surface area contributed by atoms with E-state index >= 15 is 0 Å². The molecule has 18 heavy (non-hydrogen) atoms. The number of aliphatic hydroxyl groups excluding tert-OH is 1. The number of nitrogens with zero attached hydrogens (tertiary/aromatic N) is 1. The second kappa shape index (κ2) is 4.85. The first-order chi connectivity index (χ1) is 8.18. The van der Waals surface area contributed by atoms with Crippen molar-refractivity contribution in [2.45, 2.75) is 45.2 Å². The Kier molecular flexibility index (Phi) is 4.02. The van der Waals surface area contributed by atoms with Gasteiger partial charge in [-0.05, 0) is 18.3 Å². The number of aliphatic hydroxyl groups is 1. The average Bonchev–Trinajstić information content (AvgIpc) is 2.71. The van der Waals surface area contributed by atoms with Crippen LogP contribution in [0.1, 0.15) is 33.6 Å². The lowest BCUT2D eigenvalue weighted by atomic mass is 9.71. The van der Waals surface area contributed by atoms with E-state index in [1.165, 1.54) is 4.90 Å². The number of hydrogen-bond donors (Lipinski definition) is 3. The molecule has 0 spiro atoms. The van der Waals surface area contributed by atoms with Crippen LogP contribution >= 0.6 is 0 Å². The SMILES string of the molecule is CC(C)(C)[C@@]1(C(=O)O)CCCN1C(=O)[C@@H](N)CO. The van der Waals surface area contributed by atoms with Crippen LogP contribution in [0.2, 0.25) is 0 Å². The van der Waals surface area contributed by atoms with Crippen molar-refractivity contribution in [2.24, 2.45) is 11.1 Å². The zero-order chi connectivity index (χ0) is 14.1. The summed E-state index contributed by atoms with van der Waals surface area (Å²) in [4.78, 5) is 25.1. The fraction of sp³-hybridized carbons (Fsp3) is 0.833. The van der Waals surface area contributed by atoms with Crippen LogP contribution in [-0.4, -0.2) is 51.7 Å². The zero-order valence-corrected chi connectivity index (χ0v) is 11.1. The van der Waals surface area contributed by atoms with Crippen molar-refractivity contribution in [1.29, 1.82) is 0 Å². The molecule has 0 radical (unpaired) electrons. The Morgan fingerprint density at radius 1 is 1.44 bits per heavy atom. The Morgan fingerprint density at radius 3 is 2.39 bits per heavy atom. The first-order valence-corrected chi connectivity index (χ1v) is 6.10. The molecule has 0 aromatic rings. The molecular weight excluding hydrogens is 236 g/mol. The fourth-order valence-corrected chi connectivity index (χ4v) is 2.72. The van der Waals surface area contributed by atoms with Gasteiger partial charge in [0.15, 0.2) is 0 Å². The monoisotopic (exact) mass is 258 g/mol. The third-order valence-corrected chi connectivity index (χ3v) is 3.76. The molecule has 4 N–H and O–H groups in total. The highest BCUT2D eigenvalue weighted by Crippen LogP contribution is 2.44. The van der Waals surface area contributed by atoms with Crippen molar-refractivity contribution in [1.82, 2.24) is 4.90 Å². The van der Waals surface area contributed by atoms with Gasteiger partial charge in [-0.15, -0.1) is 0 Å². The number of carbonyl (C=O) groups is 2. The van der Waals surface area contributed by atoms with Crippen LogP contribution in [0.3, 0.4) is 0 Å². The molecule has 104 valence electrons. The number of carboxylic acid groups (broad SMARTS) is 1. The molecular formula is C12H22N2O4. The molecule has 0 aromatic heterocycles. The zero-order valence-electron chi connectivity index (χ0n) is 11.1. The number of carboxylic acids is 1. The minimum atomic E-state index is -1.24. The van der Waals surface area contributed by atoms with E-state index in [0.29, 0.717) is 19.4 Å². The molecule has 1 fully saturated rings. The first kappa shape index (κ1) is 14.9. The van der Waals surface area contributed by atoms with Gasteiger partial charge in [0.05, 0.1) is 6.61 Å². The maximum Gasteiger partial charge on any atom is 0.330 e. The van der Waals surface area contributed by atoms with E-state index in [4.69, 9.17) is 10.8 Å². The quantitative estimate of drug-likeness (QED) is 0.650. The van der Waals surface area contributed by atoms with E-state index in [2.05, 4.69) is 0 Å². The van der Waals surface area contributed by atoms with Crippen LogP contribution in [0, 0.1) is 5.41 Å². The molecule has 1 aliphatic heterocycles. The van der Waals surface area contributed by atoms with E-state index in [0.717, 1.165) is 0 Å². The van der Waals surface area contributed by atoms with Gasteiger partial charge in [0.25, 0.3) is 0 Å². The Labute approximate surface area is 107 Å². The van der Waals surface area contributed by atoms with E-state index < -0.39 is 35.5 Å². The van der Waals surface area contributed by atoms with Crippen molar-refractivity contribution in [3.63, 3.8) is 0 Å². The van der Waals surface area contributed by atoms with Crippen molar-refractivity contribution in [3.05, 3.63) is 0 Å². The molecule has 0 bridgehead atoms. The third kappa shape index (κ3) is 2.10. The fourth-order valence-electron chi connectivity index (χ4n) is 2.72. The molecule has 1 saturated heterocycles. The Morgan fingerprint density at radius 2 is 2.00 bits per heavy atom. The topological polar surface area (TPSA) is 104 Å². The minimum absolute atomic E-state index is 0.371. The maximum atomic E-state index is 12.1. The lowest BCUT2D eigenvalue weighted by Crippen LogP contribution is -2.63. The van der Waals surface area contributed by atoms with Crippen molar-refractivity contribution < 1.29 is 19.8 Å². The van der Waals surface area contributed by atoms with Crippen LogP contribution in [0.25, 0.3) is 0 Å². The summed E-state index contributed by atoms with van der Waals surface area (Å²) in [5, 5.41) is 18.5. The molecule has 1 heterocycles. The number of rotatable bonds is 3. The average molecular weight is 258 g/mol. The summed E-state index contributed by atoms with van der Waals surface area (Å²) in [6.07, 6.45) is 1.04. The van der Waals surface area contributed by atoms with Crippen LogP contribution in [0.5, 0.6) is 0 Å². The molecule has 1 aliphatic rings. The molecule has 0 aliphatic carbocycles. The van der Waals surface area contributed by atoms with Gasteiger partial charge in [0.1, 0.15) is 11.6 Å². The lowest BCUT2D eigenvalue weighted by Gasteiger charge is -2.45. The smallest absolute Gasteiger partial charge is 0.330 e. The predicted octanol–water partition coefficient (Wildman–Crippen LogP) is -0.202. The highest BCUT2D eigenvalue weighted by molar-refractivity contribution is 5.91. The van der Waals surface area contributed by atoms with Gasteiger partial charge in [0.2, 0.25) is 5.91 Å². The Bertz CT molecular complexity index is 350. The summed E-state index contributed by atoms with van der Waals surface area (Å²) in [6, 6.07) is -1.05. The second-order valence-electron chi connectivity index (χ2n) is 5.80. The second-order valence-corrected chi connectivity index (χ2v) is 5.80. The molecule has 6 heteroatoms. The summed E-state index contributed by atoms with van der Waals surface area (Å²) in [5.74, 6) is -1.50. The van der Waals surface area contributed by atoms with Gasteiger partial charge in [-0.25, -0.2) is 4.79 Å². The van der Waals surface area contributed by atoms with Gasteiger partial charge in [-0.2, -0.15) is 0 Å². The van der Waals surface area contributed by atoms with Crippen LogP contribution in [0.4, 0.5) is 0 Å². The predicted molar refractivity (Wildman–Crippen MR) is 65.8 cm³/mol. The van der Waals surface area contributed by atoms with Gasteiger partial charge < -0.3 is 20.8 Å². The Hall–Kier alpha value is -1.14. The maximum absolute atomic E-state index is 12.1. The van der Waals surface area contributed by atoms with E-state index in [1.54, 1.807) is 20.8 Å². The van der Waals surface area contributed by atoms with Crippen LogP contribution < -0.4 is 5.73 Å². The van der Waals surface area contributed by atoms with Crippen molar-refractivity contribution in [3.8, 4) is 0 Å². The minimum Gasteiger partial charge on any atom is -0.479 e. The number of carbonyl (C=O) groups excluding carboxylic acids is 1. The molecule has 2 atom stereocenters. The molecule has 0 saturated carbocycles. The van der Waals surface area contributed by atoms with Crippen LogP contribution in [0.15, 0.2) is 0 Å². The number of likely N-dealkylation sites (tertiary alicyclic amines) is 1. The lowest BCUT2D eigenvalue weighted by molar-refractivity contribution is -0.165. The first-order valence-electron chi connectivity index (χ1n) is 6.10. The molecule has 1 amide bonds.